The second-order valence-electron chi connectivity index (χ2n) is 13.9. The smallest absolute Gasteiger partial charge is 0.330 e. The summed E-state index contributed by atoms with van der Waals surface area (Å²) in [5.74, 6) is 0.258. The topological polar surface area (TPSA) is 90.6 Å². The minimum atomic E-state index is -0.414. The minimum Gasteiger partial charge on any atom is -0.460 e. The number of hydrogen-bond donors (Lipinski definition) is 2. The molecule has 0 aliphatic heterocycles. The number of carbonyl (C=O) groups is 2. The zero-order valence-corrected chi connectivity index (χ0v) is 30.9. The van der Waals surface area contributed by atoms with Gasteiger partial charge in [0.1, 0.15) is 11.2 Å². The quantitative estimate of drug-likeness (QED) is 0.0833. The predicted octanol–water partition coefficient (Wildman–Crippen LogP) is 9.21. The number of hydrogen-bond acceptors (Lipinski definition) is 6. The molecule has 6 heteroatoms. The van der Waals surface area contributed by atoms with Crippen molar-refractivity contribution in [2.24, 2.45) is 5.73 Å². The van der Waals surface area contributed by atoms with Gasteiger partial charge in [-0.15, -0.1) is 0 Å². The van der Waals surface area contributed by atoms with Gasteiger partial charge in [-0.3, -0.25) is 4.79 Å². The molecule has 0 fully saturated rings. The van der Waals surface area contributed by atoms with Gasteiger partial charge in [-0.2, -0.15) is 0 Å². The Morgan fingerprint density at radius 2 is 0.980 bits per heavy atom. The molecular formula is C44H58N2O4. The van der Waals surface area contributed by atoms with Crippen LogP contribution in [0, 0.1) is 0 Å². The Morgan fingerprint density at radius 3 is 1.28 bits per heavy atom. The Kier molecular flexibility index (Phi) is 18.5. The molecule has 0 aliphatic rings. The highest BCUT2D eigenvalue weighted by Crippen LogP contribution is 2.28. The van der Waals surface area contributed by atoms with Crippen molar-refractivity contribution in [3.8, 4) is 0 Å². The van der Waals surface area contributed by atoms with Gasteiger partial charge in [-0.05, 0) is 89.7 Å². The molecule has 0 amide bonds. The van der Waals surface area contributed by atoms with Crippen LogP contribution in [0.4, 0.5) is 0 Å². The normalized spacial score (nSPS) is 11.1. The summed E-state index contributed by atoms with van der Waals surface area (Å²) in [4.78, 5) is 22.2. The van der Waals surface area contributed by atoms with Crippen LogP contribution in [0.25, 0.3) is 0 Å². The van der Waals surface area contributed by atoms with Crippen molar-refractivity contribution < 1.29 is 19.1 Å². The Hall–Kier alpha value is -4.52. The molecule has 4 aromatic rings. The van der Waals surface area contributed by atoms with Crippen molar-refractivity contribution in [3.05, 3.63) is 156 Å². The molecule has 4 rings (SSSR count). The van der Waals surface area contributed by atoms with Crippen LogP contribution in [0.3, 0.4) is 0 Å². The molecule has 4 aromatic carbocycles. The number of nitrogens with one attached hydrogen (secondary N) is 1. The molecule has 0 aromatic heterocycles. The molecule has 0 spiro atoms. The Morgan fingerprint density at radius 1 is 0.620 bits per heavy atom. The van der Waals surface area contributed by atoms with Gasteiger partial charge >= 0.3 is 11.9 Å². The molecule has 0 aliphatic carbocycles. The van der Waals surface area contributed by atoms with Gasteiger partial charge in [0.05, 0.1) is 6.42 Å². The van der Waals surface area contributed by atoms with Gasteiger partial charge in [0, 0.05) is 24.5 Å². The SMILES string of the molecule is C=CC(=O)OC(C)(C)C.CC(C)(C)OC(=O)CCNCCC(c1ccccc1)c1ccccc1.NCCC(c1ccccc1)c1ccccc1. The molecule has 50 heavy (non-hydrogen) atoms. The lowest BCUT2D eigenvalue weighted by Crippen LogP contribution is -2.27. The van der Waals surface area contributed by atoms with Gasteiger partial charge < -0.3 is 20.5 Å². The first-order valence-corrected chi connectivity index (χ1v) is 17.5. The fourth-order valence-electron chi connectivity index (χ4n) is 5.26. The summed E-state index contributed by atoms with van der Waals surface area (Å²) in [6, 6.07) is 42.3. The largest absolute Gasteiger partial charge is 0.460 e. The average molecular weight is 679 g/mol. The summed E-state index contributed by atoms with van der Waals surface area (Å²) in [5, 5.41) is 3.37. The van der Waals surface area contributed by atoms with Gasteiger partial charge in [-0.1, -0.05) is 128 Å². The number of benzene rings is 4. The van der Waals surface area contributed by atoms with E-state index in [9.17, 15) is 9.59 Å². The molecule has 0 atom stereocenters. The molecule has 0 saturated heterocycles. The van der Waals surface area contributed by atoms with Crippen LogP contribution >= 0.6 is 0 Å². The first kappa shape index (κ1) is 41.7. The highest BCUT2D eigenvalue weighted by molar-refractivity contribution is 5.81. The summed E-state index contributed by atoms with van der Waals surface area (Å²) >= 11 is 0. The van der Waals surface area contributed by atoms with Gasteiger partial charge in [0.25, 0.3) is 0 Å². The molecule has 268 valence electrons. The van der Waals surface area contributed by atoms with Crippen LogP contribution in [0.5, 0.6) is 0 Å². The van der Waals surface area contributed by atoms with Crippen LogP contribution in [0.2, 0.25) is 0 Å². The van der Waals surface area contributed by atoms with Crippen LogP contribution in [-0.4, -0.2) is 42.8 Å². The number of nitrogens with two attached hydrogens (primary N) is 1. The third kappa shape index (κ3) is 17.8. The van der Waals surface area contributed by atoms with Gasteiger partial charge in [0.15, 0.2) is 0 Å². The third-order valence-corrected chi connectivity index (χ3v) is 7.37. The first-order chi connectivity index (χ1) is 23.8. The van der Waals surface area contributed by atoms with Crippen LogP contribution in [-0.2, 0) is 19.1 Å². The zero-order valence-electron chi connectivity index (χ0n) is 30.9. The number of ether oxygens (including phenoxy) is 2. The lowest BCUT2D eigenvalue weighted by molar-refractivity contribution is -0.154. The summed E-state index contributed by atoms with van der Waals surface area (Å²) in [7, 11) is 0. The Balaban J connectivity index is 0.000000295. The summed E-state index contributed by atoms with van der Waals surface area (Å²) < 4.78 is 10.2. The lowest BCUT2D eigenvalue weighted by Gasteiger charge is -2.20. The number of carbonyl (C=O) groups excluding carboxylic acids is 2. The number of rotatable bonds is 13. The van der Waals surface area contributed by atoms with Crippen LogP contribution < -0.4 is 11.1 Å². The van der Waals surface area contributed by atoms with E-state index in [1.165, 1.54) is 22.3 Å². The molecule has 0 unspecified atom stereocenters. The van der Waals surface area contributed by atoms with Crippen molar-refractivity contribution in [1.29, 1.82) is 0 Å². The third-order valence-electron chi connectivity index (χ3n) is 7.37. The van der Waals surface area contributed by atoms with E-state index in [1.807, 2.05) is 65.8 Å². The second-order valence-corrected chi connectivity index (χ2v) is 13.9. The molecule has 3 N–H and O–H groups in total. The molecule has 0 heterocycles. The molecule has 0 saturated carbocycles. The minimum absolute atomic E-state index is 0.150. The first-order valence-electron chi connectivity index (χ1n) is 17.5. The van der Waals surface area contributed by atoms with Crippen molar-refractivity contribution in [2.45, 2.75) is 83.8 Å². The highest BCUT2D eigenvalue weighted by Gasteiger charge is 2.17. The van der Waals surface area contributed by atoms with E-state index in [0.717, 1.165) is 25.5 Å². The van der Waals surface area contributed by atoms with E-state index in [2.05, 4.69) is 109 Å². The Labute approximate surface area is 301 Å². The fourth-order valence-corrected chi connectivity index (χ4v) is 5.26. The van der Waals surface area contributed by atoms with E-state index < -0.39 is 11.2 Å². The monoisotopic (exact) mass is 678 g/mol. The average Bonchev–Trinajstić information content (AvgIpc) is 3.09. The second kappa shape index (κ2) is 22.2. The van der Waals surface area contributed by atoms with Crippen LogP contribution in [0.15, 0.2) is 134 Å². The van der Waals surface area contributed by atoms with E-state index >= 15 is 0 Å². The number of esters is 2. The highest BCUT2D eigenvalue weighted by atomic mass is 16.6. The van der Waals surface area contributed by atoms with E-state index in [1.54, 1.807) is 0 Å². The summed E-state index contributed by atoms with van der Waals surface area (Å²) in [6.07, 6.45) is 3.54. The molecular weight excluding hydrogens is 620 g/mol. The maximum Gasteiger partial charge on any atom is 0.330 e. The standard InChI is InChI=1S/C22H29NO2.C15H17N.C7H12O2/c1-22(2,3)25-21(24)15-17-23-16-14-20(18-10-6-4-7-11-18)19-12-8-5-9-13-19;16-12-11-15(13-7-3-1-4-8-13)14-9-5-2-6-10-14;1-5-6(8)9-7(2,3)4/h4-13,20,23H,14-17H2,1-3H3;1-10,15H,11-12,16H2;5H,1H2,2-4H3. The lowest BCUT2D eigenvalue weighted by atomic mass is 9.88. The van der Waals surface area contributed by atoms with E-state index in [0.29, 0.717) is 31.3 Å². The van der Waals surface area contributed by atoms with Crippen molar-refractivity contribution in [3.63, 3.8) is 0 Å². The maximum absolute atomic E-state index is 11.7. The Bertz CT molecular complexity index is 1420. The molecule has 0 radical (unpaired) electrons. The summed E-state index contributed by atoms with van der Waals surface area (Å²) in [6.45, 7) is 16.6. The van der Waals surface area contributed by atoms with Crippen LogP contribution in [0.1, 0.15) is 94.9 Å². The predicted molar refractivity (Wildman–Crippen MR) is 207 cm³/mol. The maximum atomic E-state index is 11.7. The van der Waals surface area contributed by atoms with E-state index in [-0.39, 0.29) is 11.9 Å². The zero-order chi connectivity index (χ0) is 36.8. The van der Waals surface area contributed by atoms with Gasteiger partial charge in [0.2, 0.25) is 0 Å². The van der Waals surface area contributed by atoms with Crippen molar-refractivity contribution in [2.75, 3.05) is 19.6 Å². The molecule has 0 bridgehead atoms. The summed E-state index contributed by atoms with van der Waals surface area (Å²) in [5.41, 5.74) is 10.2. The van der Waals surface area contributed by atoms with E-state index in [4.69, 9.17) is 15.2 Å². The van der Waals surface area contributed by atoms with Crippen molar-refractivity contribution in [1.82, 2.24) is 5.32 Å². The van der Waals surface area contributed by atoms with Crippen molar-refractivity contribution >= 4 is 11.9 Å². The fraction of sp³-hybridized carbons (Fsp3) is 0.364. The van der Waals surface area contributed by atoms with Gasteiger partial charge in [-0.25, -0.2) is 4.79 Å². The molecule has 6 nitrogen and oxygen atoms in total.